The molecule has 0 saturated carbocycles. The maximum Gasteiger partial charge on any atom is 0.121 e. The van der Waals surface area contributed by atoms with E-state index in [-0.39, 0.29) is 6.10 Å². The molecule has 0 aliphatic heterocycles. The van der Waals surface area contributed by atoms with Crippen LogP contribution in [0.3, 0.4) is 0 Å². The van der Waals surface area contributed by atoms with E-state index in [4.69, 9.17) is 9.47 Å². The molecule has 2 nitrogen and oxygen atoms in total. The minimum Gasteiger partial charge on any atom is -0.497 e. The average Bonchev–Trinajstić information content (AvgIpc) is 2.55. The molecule has 0 bridgehead atoms. The molecule has 2 rings (SSSR count). The van der Waals surface area contributed by atoms with Gasteiger partial charge in [0.25, 0.3) is 0 Å². The van der Waals surface area contributed by atoms with Crippen molar-refractivity contribution in [1.82, 2.24) is 0 Å². The third kappa shape index (κ3) is 4.01. The van der Waals surface area contributed by atoms with Crippen LogP contribution in [0.1, 0.15) is 50.3 Å². The molecule has 2 unspecified atom stereocenters. The molecule has 0 spiro atoms. The monoisotopic (exact) mass is 284 g/mol. The first-order valence-electron chi connectivity index (χ1n) is 7.54. The molecule has 0 heterocycles. The molecule has 112 valence electrons. The van der Waals surface area contributed by atoms with Crippen molar-refractivity contribution >= 4 is 0 Å². The number of hydrogen-bond acceptors (Lipinski definition) is 2. The lowest BCUT2D eigenvalue weighted by molar-refractivity contribution is 0.226. The zero-order valence-electron chi connectivity index (χ0n) is 13.3. The van der Waals surface area contributed by atoms with Crippen LogP contribution in [0.5, 0.6) is 11.5 Å². The van der Waals surface area contributed by atoms with Gasteiger partial charge in [0.1, 0.15) is 17.6 Å². The van der Waals surface area contributed by atoms with E-state index in [1.165, 1.54) is 5.56 Å². The third-order valence-corrected chi connectivity index (χ3v) is 3.96. The smallest absolute Gasteiger partial charge is 0.121 e. The summed E-state index contributed by atoms with van der Waals surface area (Å²) in [6.07, 6.45) is 1.17. The fraction of sp³-hybridized carbons (Fsp3) is 0.368. The summed E-state index contributed by atoms with van der Waals surface area (Å²) in [5, 5.41) is 0. The Balaban J connectivity index is 2.02. The molecular weight excluding hydrogens is 260 g/mol. The van der Waals surface area contributed by atoms with Crippen LogP contribution in [0.2, 0.25) is 0 Å². The van der Waals surface area contributed by atoms with Crippen molar-refractivity contribution in [3.05, 3.63) is 59.7 Å². The molecule has 2 aromatic carbocycles. The Morgan fingerprint density at radius 2 is 1.33 bits per heavy atom. The van der Waals surface area contributed by atoms with E-state index >= 15 is 0 Å². The number of methoxy groups -OCH3 is 1. The van der Waals surface area contributed by atoms with Crippen LogP contribution in [-0.4, -0.2) is 7.11 Å². The largest absolute Gasteiger partial charge is 0.497 e. The topological polar surface area (TPSA) is 18.5 Å². The van der Waals surface area contributed by atoms with E-state index in [1.807, 2.05) is 24.3 Å². The Bertz CT molecular complexity index is 543. The summed E-state index contributed by atoms with van der Waals surface area (Å²) in [4.78, 5) is 0. The maximum atomic E-state index is 6.00. The first-order chi connectivity index (χ1) is 10.1. The van der Waals surface area contributed by atoms with Gasteiger partial charge < -0.3 is 9.47 Å². The molecule has 0 radical (unpaired) electrons. The van der Waals surface area contributed by atoms with E-state index in [9.17, 15) is 0 Å². The van der Waals surface area contributed by atoms with Crippen LogP contribution in [-0.2, 0) is 0 Å². The van der Waals surface area contributed by atoms with E-state index in [0.717, 1.165) is 23.5 Å². The molecule has 0 aliphatic carbocycles. The highest BCUT2D eigenvalue weighted by Crippen LogP contribution is 2.26. The number of ether oxygens (including phenoxy) is 2. The zero-order valence-corrected chi connectivity index (χ0v) is 13.3. The summed E-state index contributed by atoms with van der Waals surface area (Å²) in [6.45, 7) is 6.51. The van der Waals surface area contributed by atoms with Gasteiger partial charge in [-0.2, -0.15) is 0 Å². The highest BCUT2D eigenvalue weighted by molar-refractivity contribution is 5.32. The quantitative estimate of drug-likeness (QED) is 0.712. The molecule has 21 heavy (non-hydrogen) atoms. The highest BCUT2D eigenvalue weighted by atomic mass is 16.5. The minimum atomic E-state index is 0.0188. The van der Waals surface area contributed by atoms with Crippen molar-refractivity contribution in [1.29, 1.82) is 0 Å². The molecule has 2 aromatic rings. The van der Waals surface area contributed by atoms with E-state index in [1.54, 1.807) is 7.11 Å². The predicted molar refractivity (Wildman–Crippen MR) is 87.2 cm³/mol. The van der Waals surface area contributed by atoms with Gasteiger partial charge >= 0.3 is 0 Å². The van der Waals surface area contributed by atoms with Crippen molar-refractivity contribution in [3.8, 4) is 11.5 Å². The summed E-state index contributed by atoms with van der Waals surface area (Å²) in [5.41, 5.74) is 2.50. The van der Waals surface area contributed by atoms with Gasteiger partial charge in [0.05, 0.1) is 7.11 Å². The Morgan fingerprint density at radius 1 is 0.810 bits per heavy atom. The van der Waals surface area contributed by atoms with Crippen LogP contribution >= 0.6 is 0 Å². The van der Waals surface area contributed by atoms with Gasteiger partial charge in [0, 0.05) is 0 Å². The van der Waals surface area contributed by atoms with Crippen LogP contribution < -0.4 is 9.47 Å². The summed E-state index contributed by atoms with van der Waals surface area (Å²) < 4.78 is 11.2. The molecule has 2 atom stereocenters. The lowest BCUT2D eigenvalue weighted by Crippen LogP contribution is -2.03. The van der Waals surface area contributed by atoms with E-state index in [2.05, 4.69) is 45.0 Å². The standard InChI is InChI=1S/C19H24O2/c1-5-14(2)16-6-12-19(13-7-16)21-15(3)17-8-10-18(20-4)11-9-17/h6-15H,5H2,1-4H3. The van der Waals surface area contributed by atoms with Crippen LogP contribution in [0.15, 0.2) is 48.5 Å². The fourth-order valence-corrected chi connectivity index (χ4v) is 2.26. The van der Waals surface area contributed by atoms with Crippen molar-refractivity contribution in [2.24, 2.45) is 0 Å². The van der Waals surface area contributed by atoms with Gasteiger partial charge in [0.2, 0.25) is 0 Å². The van der Waals surface area contributed by atoms with Crippen molar-refractivity contribution in [2.75, 3.05) is 7.11 Å². The average molecular weight is 284 g/mol. The lowest BCUT2D eigenvalue weighted by atomic mass is 9.99. The molecule has 0 amide bonds. The zero-order chi connectivity index (χ0) is 15.2. The molecule has 0 aromatic heterocycles. The Morgan fingerprint density at radius 3 is 1.86 bits per heavy atom. The highest BCUT2D eigenvalue weighted by Gasteiger charge is 2.08. The Kier molecular flexibility index (Phi) is 5.26. The molecule has 0 aliphatic rings. The lowest BCUT2D eigenvalue weighted by Gasteiger charge is -2.16. The molecule has 0 fully saturated rings. The summed E-state index contributed by atoms with van der Waals surface area (Å²) in [5.74, 6) is 2.37. The van der Waals surface area contributed by atoms with Gasteiger partial charge in [-0.1, -0.05) is 38.1 Å². The second-order valence-corrected chi connectivity index (χ2v) is 5.41. The van der Waals surface area contributed by atoms with Crippen LogP contribution in [0.25, 0.3) is 0 Å². The first kappa shape index (κ1) is 15.4. The fourth-order valence-electron chi connectivity index (χ4n) is 2.26. The van der Waals surface area contributed by atoms with Gasteiger partial charge in [-0.05, 0) is 54.7 Å². The predicted octanol–water partition coefficient (Wildman–Crippen LogP) is 5.35. The summed E-state index contributed by atoms with van der Waals surface area (Å²) >= 11 is 0. The van der Waals surface area contributed by atoms with Gasteiger partial charge in [-0.15, -0.1) is 0 Å². The maximum absolute atomic E-state index is 6.00. The van der Waals surface area contributed by atoms with E-state index in [0.29, 0.717) is 5.92 Å². The van der Waals surface area contributed by atoms with Crippen LogP contribution in [0, 0.1) is 0 Å². The first-order valence-corrected chi connectivity index (χ1v) is 7.54. The van der Waals surface area contributed by atoms with Crippen molar-refractivity contribution < 1.29 is 9.47 Å². The Labute approximate surface area is 127 Å². The normalized spacial score (nSPS) is 13.5. The third-order valence-electron chi connectivity index (χ3n) is 3.96. The number of benzene rings is 2. The molecule has 0 saturated heterocycles. The van der Waals surface area contributed by atoms with Gasteiger partial charge in [-0.3, -0.25) is 0 Å². The van der Waals surface area contributed by atoms with E-state index < -0.39 is 0 Å². The van der Waals surface area contributed by atoms with Crippen LogP contribution in [0.4, 0.5) is 0 Å². The second-order valence-electron chi connectivity index (χ2n) is 5.41. The molecule has 0 N–H and O–H groups in total. The Hall–Kier alpha value is -1.96. The SMILES string of the molecule is CCC(C)c1ccc(OC(C)c2ccc(OC)cc2)cc1. The second kappa shape index (κ2) is 7.16. The van der Waals surface area contributed by atoms with Gasteiger partial charge in [-0.25, -0.2) is 0 Å². The molecule has 2 heteroatoms. The molecular formula is C19H24O2. The number of hydrogen-bond donors (Lipinski definition) is 0. The van der Waals surface area contributed by atoms with Crippen molar-refractivity contribution in [2.45, 2.75) is 39.2 Å². The summed E-state index contributed by atoms with van der Waals surface area (Å²) in [6, 6.07) is 16.4. The summed E-state index contributed by atoms with van der Waals surface area (Å²) in [7, 11) is 1.67. The van der Waals surface area contributed by atoms with Gasteiger partial charge in [0.15, 0.2) is 0 Å². The number of rotatable bonds is 6. The minimum absolute atomic E-state index is 0.0188. The van der Waals surface area contributed by atoms with Crippen molar-refractivity contribution in [3.63, 3.8) is 0 Å².